The molecule has 108 valence electrons. The standard InChI is InChI=1S/C15H15ClN4O/c1-20(2)13-4-3-12(14(16)9-13)10-18-19-15(21)11-5-7-17-8-6-11/h3-10H,1-2H3,(H,19,21). The Morgan fingerprint density at radius 1 is 1.29 bits per heavy atom. The predicted octanol–water partition coefficient (Wildman–Crippen LogP) is 2.56. The number of carbonyl (C=O) groups is 1. The highest BCUT2D eigenvalue weighted by Crippen LogP contribution is 2.21. The first-order chi connectivity index (χ1) is 10.1. The van der Waals surface area contributed by atoms with Crippen LogP contribution >= 0.6 is 11.6 Å². The molecule has 0 fully saturated rings. The van der Waals surface area contributed by atoms with Gasteiger partial charge in [-0.05, 0) is 30.3 Å². The van der Waals surface area contributed by atoms with Crippen molar-refractivity contribution in [2.24, 2.45) is 5.10 Å². The minimum Gasteiger partial charge on any atom is -0.378 e. The van der Waals surface area contributed by atoms with Crippen LogP contribution in [0.4, 0.5) is 5.69 Å². The number of nitrogens with zero attached hydrogens (tertiary/aromatic N) is 3. The fraction of sp³-hybridized carbons (Fsp3) is 0.133. The summed E-state index contributed by atoms with van der Waals surface area (Å²) in [6, 6.07) is 8.85. The zero-order valence-corrected chi connectivity index (χ0v) is 12.5. The summed E-state index contributed by atoms with van der Waals surface area (Å²) in [4.78, 5) is 17.6. The molecule has 21 heavy (non-hydrogen) atoms. The van der Waals surface area contributed by atoms with Gasteiger partial charge < -0.3 is 4.90 Å². The molecule has 0 bridgehead atoms. The summed E-state index contributed by atoms with van der Waals surface area (Å²) in [5, 5.41) is 4.48. The molecule has 0 atom stereocenters. The van der Waals surface area contributed by atoms with Crippen LogP contribution in [0.5, 0.6) is 0 Å². The fourth-order valence-corrected chi connectivity index (χ4v) is 1.85. The number of anilines is 1. The number of benzene rings is 1. The van der Waals surface area contributed by atoms with E-state index in [4.69, 9.17) is 11.6 Å². The molecule has 0 spiro atoms. The van der Waals surface area contributed by atoms with Gasteiger partial charge in [0.25, 0.3) is 5.91 Å². The first-order valence-corrected chi connectivity index (χ1v) is 6.66. The van der Waals surface area contributed by atoms with Gasteiger partial charge in [-0.15, -0.1) is 0 Å². The van der Waals surface area contributed by atoms with E-state index >= 15 is 0 Å². The molecular weight excluding hydrogens is 288 g/mol. The second kappa shape index (κ2) is 6.85. The van der Waals surface area contributed by atoms with Crippen molar-refractivity contribution in [3.8, 4) is 0 Å². The number of nitrogens with one attached hydrogen (secondary N) is 1. The second-order valence-electron chi connectivity index (χ2n) is 4.54. The molecule has 0 saturated heterocycles. The Balaban J connectivity index is 2.03. The van der Waals surface area contributed by atoms with Crippen molar-refractivity contribution in [3.63, 3.8) is 0 Å². The SMILES string of the molecule is CN(C)c1ccc(C=NNC(=O)c2ccncc2)c(Cl)c1. The lowest BCUT2D eigenvalue weighted by molar-refractivity contribution is 0.0955. The molecule has 1 aromatic carbocycles. The molecule has 1 amide bonds. The minimum absolute atomic E-state index is 0.297. The first kappa shape index (κ1) is 15.0. The third-order valence-corrected chi connectivity index (χ3v) is 3.14. The lowest BCUT2D eigenvalue weighted by atomic mass is 10.2. The molecule has 0 aliphatic carbocycles. The Labute approximate surface area is 128 Å². The van der Waals surface area contributed by atoms with Crippen LogP contribution in [0.15, 0.2) is 47.8 Å². The third-order valence-electron chi connectivity index (χ3n) is 2.81. The van der Waals surface area contributed by atoms with Crippen molar-refractivity contribution < 1.29 is 4.79 Å². The molecule has 0 radical (unpaired) electrons. The highest BCUT2D eigenvalue weighted by Gasteiger charge is 2.03. The fourth-order valence-electron chi connectivity index (χ4n) is 1.63. The molecule has 2 aromatic rings. The summed E-state index contributed by atoms with van der Waals surface area (Å²) in [6.07, 6.45) is 4.62. The maximum Gasteiger partial charge on any atom is 0.271 e. The number of carbonyl (C=O) groups excluding carboxylic acids is 1. The molecule has 1 heterocycles. The minimum atomic E-state index is -0.297. The average molecular weight is 303 g/mol. The van der Waals surface area contributed by atoms with Crippen molar-refractivity contribution >= 4 is 29.4 Å². The van der Waals surface area contributed by atoms with Crippen LogP contribution in [0, 0.1) is 0 Å². The summed E-state index contributed by atoms with van der Waals surface area (Å²) in [6.45, 7) is 0. The van der Waals surface area contributed by atoms with E-state index < -0.39 is 0 Å². The molecule has 0 saturated carbocycles. The number of halogens is 1. The topological polar surface area (TPSA) is 57.6 Å². The van der Waals surface area contributed by atoms with E-state index in [0.29, 0.717) is 10.6 Å². The summed E-state index contributed by atoms with van der Waals surface area (Å²) in [5.74, 6) is -0.297. The van der Waals surface area contributed by atoms with E-state index in [-0.39, 0.29) is 5.91 Å². The number of amides is 1. The van der Waals surface area contributed by atoms with E-state index in [1.165, 1.54) is 6.21 Å². The molecule has 5 nitrogen and oxygen atoms in total. The molecule has 6 heteroatoms. The normalized spacial score (nSPS) is 10.6. The zero-order chi connectivity index (χ0) is 15.2. The Morgan fingerprint density at radius 3 is 2.62 bits per heavy atom. The molecule has 0 unspecified atom stereocenters. The lowest BCUT2D eigenvalue weighted by Crippen LogP contribution is -2.17. The van der Waals surface area contributed by atoms with Gasteiger partial charge in [-0.25, -0.2) is 5.43 Å². The summed E-state index contributed by atoms with van der Waals surface area (Å²) in [7, 11) is 3.88. The van der Waals surface area contributed by atoms with Gasteiger partial charge in [0, 0.05) is 43.3 Å². The van der Waals surface area contributed by atoms with Crippen LogP contribution in [0.1, 0.15) is 15.9 Å². The van der Waals surface area contributed by atoms with Crippen LogP contribution in [0.2, 0.25) is 5.02 Å². The van der Waals surface area contributed by atoms with Gasteiger partial charge in [-0.2, -0.15) is 5.10 Å². The molecular formula is C15H15ClN4O. The third kappa shape index (κ3) is 4.03. The monoisotopic (exact) mass is 302 g/mol. The van der Waals surface area contributed by atoms with Gasteiger partial charge in [0.2, 0.25) is 0 Å². The predicted molar refractivity (Wildman–Crippen MR) is 85.1 cm³/mol. The molecule has 0 aliphatic rings. The van der Waals surface area contributed by atoms with Gasteiger partial charge in [0.05, 0.1) is 11.2 Å². The number of pyridine rings is 1. The van der Waals surface area contributed by atoms with E-state index in [2.05, 4.69) is 15.5 Å². The van der Waals surface area contributed by atoms with Crippen molar-refractivity contribution in [1.82, 2.24) is 10.4 Å². The van der Waals surface area contributed by atoms with Gasteiger partial charge in [-0.3, -0.25) is 9.78 Å². The lowest BCUT2D eigenvalue weighted by Gasteiger charge is -2.13. The first-order valence-electron chi connectivity index (χ1n) is 6.28. The van der Waals surface area contributed by atoms with Crippen molar-refractivity contribution in [2.45, 2.75) is 0 Å². The van der Waals surface area contributed by atoms with Crippen LogP contribution in [0.3, 0.4) is 0 Å². The number of aromatic nitrogens is 1. The quantitative estimate of drug-likeness (QED) is 0.697. The van der Waals surface area contributed by atoms with Crippen molar-refractivity contribution in [2.75, 3.05) is 19.0 Å². The molecule has 1 aromatic heterocycles. The largest absolute Gasteiger partial charge is 0.378 e. The van der Waals surface area contributed by atoms with Gasteiger partial charge in [0.15, 0.2) is 0 Å². The van der Waals surface area contributed by atoms with Gasteiger partial charge >= 0.3 is 0 Å². The van der Waals surface area contributed by atoms with Gasteiger partial charge in [0.1, 0.15) is 0 Å². The Kier molecular flexibility index (Phi) is 4.90. The van der Waals surface area contributed by atoms with Crippen LogP contribution in [0.25, 0.3) is 0 Å². The van der Waals surface area contributed by atoms with Gasteiger partial charge in [-0.1, -0.05) is 11.6 Å². The van der Waals surface area contributed by atoms with Crippen LogP contribution in [-0.2, 0) is 0 Å². The smallest absolute Gasteiger partial charge is 0.271 e. The maximum absolute atomic E-state index is 11.8. The summed E-state index contributed by atoms with van der Waals surface area (Å²) in [5.41, 5.74) is 4.67. The molecule has 1 N–H and O–H groups in total. The number of hydrogen-bond acceptors (Lipinski definition) is 4. The average Bonchev–Trinajstić information content (AvgIpc) is 2.49. The van der Waals surface area contributed by atoms with Crippen molar-refractivity contribution in [1.29, 1.82) is 0 Å². The van der Waals surface area contributed by atoms with E-state index in [9.17, 15) is 4.79 Å². The second-order valence-corrected chi connectivity index (χ2v) is 4.94. The van der Waals surface area contributed by atoms with Crippen LogP contribution in [-0.4, -0.2) is 31.2 Å². The number of rotatable bonds is 4. The van der Waals surface area contributed by atoms with E-state index in [1.807, 2.05) is 37.2 Å². The zero-order valence-electron chi connectivity index (χ0n) is 11.7. The number of hydrazone groups is 1. The highest BCUT2D eigenvalue weighted by atomic mass is 35.5. The van der Waals surface area contributed by atoms with Crippen molar-refractivity contribution in [3.05, 3.63) is 58.9 Å². The molecule has 0 aliphatic heterocycles. The van der Waals surface area contributed by atoms with Crippen LogP contribution < -0.4 is 10.3 Å². The number of hydrogen-bond donors (Lipinski definition) is 1. The Bertz CT molecular complexity index is 656. The molecule has 2 rings (SSSR count). The summed E-state index contributed by atoms with van der Waals surface area (Å²) < 4.78 is 0. The maximum atomic E-state index is 11.8. The summed E-state index contributed by atoms with van der Waals surface area (Å²) >= 11 is 6.17. The highest BCUT2D eigenvalue weighted by molar-refractivity contribution is 6.33. The Morgan fingerprint density at radius 2 is 2.00 bits per heavy atom. The van der Waals surface area contributed by atoms with E-state index in [1.54, 1.807) is 24.5 Å². The van der Waals surface area contributed by atoms with E-state index in [0.717, 1.165) is 11.3 Å². The Hall–Kier alpha value is -2.40.